The van der Waals surface area contributed by atoms with Crippen LogP contribution in [0.15, 0.2) is 30.3 Å². The smallest absolute Gasteiger partial charge is 0.247 e. The van der Waals surface area contributed by atoms with Crippen LogP contribution in [0.2, 0.25) is 0 Å². The molecule has 1 aliphatic rings. The van der Waals surface area contributed by atoms with E-state index in [-0.39, 0.29) is 24.4 Å². The number of rotatable bonds is 5. The van der Waals surface area contributed by atoms with Gasteiger partial charge in [-0.15, -0.1) is 0 Å². The average Bonchev–Trinajstić information content (AvgIpc) is 2.48. The molecule has 0 bridgehead atoms. The van der Waals surface area contributed by atoms with Crippen molar-refractivity contribution in [3.8, 4) is 0 Å². The van der Waals surface area contributed by atoms with E-state index in [0.29, 0.717) is 0 Å². The second-order valence-electron chi connectivity index (χ2n) is 5.18. The van der Waals surface area contributed by atoms with Crippen LogP contribution in [0.25, 0.3) is 0 Å². The van der Waals surface area contributed by atoms with Crippen LogP contribution in [0.3, 0.4) is 0 Å². The lowest BCUT2D eigenvalue weighted by molar-refractivity contribution is -0.149. The van der Waals surface area contributed by atoms with Gasteiger partial charge in [0.2, 0.25) is 11.8 Å². The number of piperazine rings is 1. The zero-order chi connectivity index (χ0) is 14.5. The van der Waals surface area contributed by atoms with Gasteiger partial charge in [-0.1, -0.05) is 50.6 Å². The lowest BCUT2D eigenvalue weighted by atomic mass is 9.97. The molecule has 4 heteroatoms. The summed E-state index contributed by atoms with van der Waals surface area (Å²) in [6, 6.07) is 9.18. The first-order chi connectivity index (χ1) is 9.69. The normalized spacial score (nSPS) is 20.7. The van der Waals surface area contributed by atoms with Crippen molar-refractivity contribution >= 4 is 11.8 Å². The second kappa shape index (κ2) is 6.55. The average molecular weight is 274 g/mol. The van der Waals surface area contributed by atoms with Gasteiger partial charge in [0.05, 0.1) is 6.54 Å². The van der Waals surface area contributed by atoms with E-state index in [2.05, 4.69) is 19.2 Å². The summed E-state index contributed by atoms with van der Waals surface area (Å²) < 4.78 is 0. The number of hydrogen-bond acceptors (Lipinski definition) is 2. The van der Waals surface area contributed by atoms with Crippen LogP contribution in [0.4, 0.5) is 0 Å². The highest BCUT2D eigenvalue weighted by molar-refractivity contribution is 5.95. The fraction of sp³-hybridized carbons (Fsp3) is 0.500. The molecule has 0 spiro atoms. The van der Waals surface area contributed by atoms with Crippen molar-refractivity contribution in [2.45, 2.75) is 45.2 Å². The minimum atomic E-state index is -0.492. The van der Waals surface area contributed by atoms with Gasteiger partial charge in [-0.3, -0.25) is 9.59 Å². The van der Waals surface area contributed by atoms with Crippen LogP contribution in [0, 0.1) is 0 Å². The van der Waals surface area contributed by atoms with Crippen molar-refractivity contribution in [3.63, 3.8) is 0 Å². The molecule has 1 N–H and O–H groups in total. The van der Waals surface area contributed by atoms with E-state index in [1.807, 2.05) is 30.3 Å². The maximum absolute atomic E-state index is 12.3. The van der Waals surface area contributed by atoms with Crippen molar-refractivity contribution in [1.82, 2.24) is 10.2 Å². The summed E-state index contributed by atoms with van der Waals surface area (Å²) in [6.45, 7) is 4.29. The number of carbonyl (C=O) groups excluding carboxylic acids is 2. The van der Waals surface area contributed by atoms with Crippen molar-refractivity contribution < 1.29 is 9.59 Å². The lowest BCUT2D eigenvalue weighted by Gasteiger charge is -2.40. The molecule has 2 amide bonds. The first-order valence-electron chi connectivity index (χ1n) is 7.32. The largest absolute Gasteiger partial charge is 0.345 e. The van der Waals surface area contributed by atoms with Crippen LogP contribution in [-0.2, 0) is 9.59 Å². The molecule has 2 rings (SSSR count). The van der Waals surface area contributed by atoms with E-state index in [0.717, 1.165) is 24.8 Å². The molecule has 4 nitrogen and oxygen atoms in total. The van der Waals surface area contributed by atoms with Gasteiger partial charge in [0, 0.05) is 6.04 Å². The number of benzene rings is 1. The van der Waals surface area contributed by atoms with E-state index in [4.69, 9.17) is 0 Å². The lowest BCUT2D eigenvalue weighted by Crippen LogP contribution is -2.56. The zero-order valence-corrected chi connectivity index (χ0v) is 12.1. The van der Waals surface area contributed by atoms with Gasteiger partial charge in [0.25, 0.3) is 0 Å². The molecular formula is C16H22N2O2. The summed E-state index contributed by atoms with van der Waals surface area (Å²) in [7, 11) is 0. The Morgan fingerprint density at radius 1 is 1.25 bits per heavy atom. The SMILES string of the molecule is CCCC(CC)N1C(=O)CNC(=O)C1c1ccccc1. The minimum Gasteiger partial charge on any atom is -0.345 e. The Morgan fingerprint density at radius 3 is 2.55 bits per heavy atom. The molecule has 0 saturated carbocycles. The number of amides is 2. The van der Waals surface area contributed by atoms with E-state index in [1.54, 1.807) is 4.90 Å². The first kappa shape index (κ1) is 14.6. The first-order valence-corrected chi connectivity index (χ1v) is 7.32. The Kier molecular flexibility index (Phi) is 4.77. The van der Waals surface area contributed by atoms with Crippen LogP contribution in [0.1, 0.15) is 44.7 Å². The predicted octanol–water partition coefficient (Wildman–Crippen LogP) is 2.26. The third-order valence-corrected chi connectivity index (χ3v) is 3.83. The summed E-state index contributed by atoms with van der Waals surface area (Å²) in [5.74, 6) is -0.0656. The molecule has 0 aliphatic carbocycles. The van der Waals surface area contributed by atoms with Crippen molar-refractivity contribution in [2.24, 2.45) is 0 Å². The second-order valence-corrected chi connectivity index (χ2v) is 5.18. The third-order valence-electron chi connectivity index (χ3n) is 3.83. The van der Waals surface area contributed by atoms with Crippen molar-refractivity contribution in [2.75, 3.05) is 6.54 Å². The Hall–Kier alpha value is -1.84. The van der Waals surface area contributed by atoms with Crippen molar-refractivity contribution in [3.05, 3.63) is 35.9 Å². The standard InChI is InChI=1S/C16H22N2O2/c1-3-8-13(4-2)18-14(19)11-17-16(20)15(18)12-9-6-5-7-10-12/h5-7,9-10,13,15H,3-4,8,11H2,1-2H3,(H,17,20). The molecule has 2 atom stereocenters. The van der Waals surface area contributed by atoms with E-state index in [9.17, 15) is 9.59 Å². The Labute approximate surface area is 120 Å². The molecule has 1 heterocycles. The van der Waals surface area contributed by atoms with Gasteiger partial charge in [0.1, 0.15) is 6.04 Å². The van der Waals surface area contributed by atoms with Gasteiger partial charge >= 0.3 is 0 Å². The molecule has 1 aromatic rings. The van der Waals surface area contributed by atoms with Crippen LogP contribution in [0.5, 0.6) is 0 Å². The fourth-order valence-corrected chi connectivity index (χ4v) is 2.86. The highest BCUT2D eigenvalue weighted by atomic mass is 16.2. The van der Waals surface area contributed by atoms with Crippen molar-refractivity contribution in [1.29, 1.82) is 0 Å². The third kappa shape index (κ3) is 2.84. The monoisotopic (exact) mass is 274 g/mol. The summed E-state index contributed by atoms with van der Waals surface area (Å²) in [4.78, 5) is 26.4. The number of nitrogens with zero attached hydrogens (tertiary/aromatic N) is 1. The molecular weight excluding hydrogens is 252 g/mol. The molecule has 1 aromatic carbocycles. The number of carbonyl (C=O) groups is 2. The number of nitrogens with one attached hydrogen (secondary N) is 1. The van der Waals surface area contributed by atoms with Gasteiger partial charge in [-0.25, -0.2) is 0 Å². The number of hydrogen-bond donors (Lipinski definition) is 1. The summed E-state index contributed by atoms with van der Waals surface area (Å²) in [5.41, 5.74) is 0.882. The van der Waals surface area contributed by atoms with Crippen LogP contribution < -0.4 is 5.32 Å². The zero-order valence-electron chi connectivity index (χ0n) is 12.1. The molecule has 1 aliphatic heterocycles. The minimum absolute atomic E-state index is 0.0127. The highest BCUT2D eigenvalue weighted by Crippen LogP contribution is 2.28. The summed E-state index contributed by atoms with van der Waals surface area (Å²) in [5, 5.41) is 2.70. The van der Waals surface area contributed by atoms with Gasteiger partial charge < -0.3 is 10.2 Å². The molecule has 0 radical (unpaired) electrons. The van der Waals surface area contributed by atoms with E-state index < -0.39 is 6.04 Å². The quantitative estimate of drug-likeness (QED) is 0.895. The molecule has 108 valence electrons. The van der Waals surface area contributed by atoms with E-state index in [1.165, 1.54) is 0 Å². The fourth-order valence-electron chi connectivity index (χ4n) is 2.86. The maximum atomic E-state index is 12.3. The molecule has 0 aromatic heterocycles. The Balaban J connectivity index is 2.36. The van der Waals surface area contributed by atoms with Gasteiger partial charge in [0.15, 0.2) is 0 Å². The predicted molar refractivity (Wildman–Crippen MR) is 78.0 cm³/mol. The van der Waals surface area contributed by atoms with Crippen LogP contribution in [-0.4, -0.2) is 29.3 Å². The molecule has 20 heavy (non-hydrogen) atoms. The van der Waals surface area contributed by atoms with Gasteiger partial charge in [-0.05, 0) is 18.4 Å². The van der Waals surface area contributed by atoms with E-state index >= 15 is 0 Å². The highest BCUT2D eigenvalue weighted by Gasteiger charge is 2.38. The van der Waals surface area contributed by atoms with Gasteiger partial charge in [-0.2, -0.15) is 0 Å². The molecule has 1 saturated heterocycles. The summed E-state index contributed by atoms with van der Waals surface area (Å²) >= 11 is 0. The maximum Gasteiger partial charge on any atom is 0.247 e. The topological polar surface area (TPSA) is 49.4 Å². The Bertz CT molecular complexity index is 473. The summed E-state index contributed by atoms with van der Waals surface area (Å²) in [6.07, 6.45) is 2.81. The Morgan fingerprint density at radius 2 is 1.95 bits per heavy atom. The molecule has 2 unspecified atom stereocenters. The van der Waals surface area contributed by atoms with Crippen LogP contribution >= 0.6 is 0 Å². The molecule has 1 fully saturated rings.